The van der Waals surface area contributed by atoms with Crippen LogP contribution in [0.5, 0.6) is 0 Å². The minimum Gasteiger partial charge on any atom is -0.595 e. The SMILES string of the molecule is N#CC(=NNc1cccc([NH+]([O-])O)c1)c1nc(-c2ccccc2)cs1. The lowest BCUT2D eigenvalue weighted by Gasteiger charge is -2.11. The average Bonchev–Trinajstić information content (AvgIpc) is 3.13. The van der Waals surface area contributed by atoms with Crippen LogP contribution >= 0.6 is 11.3 Å². The molecule has 0 aliphatic rings. The van der Waals surface area contributed by atoms with Crippen LogP contribution in [0.15, 0.2) is 65.1 Å². The Morgan fingerprint density at radius 2 is 2.04 bits per heavy atom. The van der Waals surface area contributed by atoms with Crippen molar-refractivity contribution < 1.29 is 10.4 Å². The molecule has 0 bridgehead atoms. The largest absolute Gasteiger partial charge is 0.595 e. The molecule has 0 spiro atoms. The van der Waals surface area contributed by atoms with Crippen molar-refractivity contribution in [2.24, 2.45) is 5.10 Å². The van der Waals surface area contributed by atoms with Crippen molar-refractivity contribution >= 4 is 28.4 Å². The normalized spacial score (nSPS) is 12.4. The van der Waals surface area contributed by atoms with Gasteiger partial charge in [-0.2, -0.15) is 15.6 Å². The van der Waals surface area contributed by atoms with Gasteiger partial charge in [0.25, 0.3) is 0 Å². The molecule has 0 fully saturated rings. The second-order valence-electron chi connectivity index (χ2n) is 4.97. The number of anilines is 1. The number of aromatic nitrogens is 1. The first kappa shape index (κ1) is 16.8. The third-order valence-electron chi connectivity index (χ3n) is 3.29. The monoisotopic (exact) mass is 351 g/mol. The van der Waals surface area contributed by atoms with Gasteiger partial charge in [-0.05, 0) is 6.07 Å². The van der Waals surface area contributed by atoms with E-state index in [0.29, 0.717) is 10.7 Å². The number of hydrogen-bond acceptors (Lipinski definition) is 7. The summed E-state index contributed by atoms with van der Waals surface area (Å²) in [5, 5.41) is 34.7. The summed E-state index contributed by atoms with van der Waals surface area (Å²) in [7, 11) is 0. The van der Waals surface area contributed by atoms with Crippen LogP contribution in [-0.2, 0) is 0 Å². The third-order valence-corrected chi connectivity index (χ3v) is 4.14. The number of benzene rings is 2. The van der Waals surface area contributed by atoms with Gasteiger partial charge in [0.2, 0.25) is 0 Å². The van der Waals surface area contributed by atoms with Crippen LogP contribution in [0.2, 0.25) is 0 Å². The second kappa shape index (κ2) is 7.65. The lowest BCUT2D eigenvalue weighted by atomic mass is 10.2. The highest BCUT2D eigenvalue weighted by Crippen LogP contribution is 2.22. The number of rotatable bonds is 5. The van der Waals surface area contributed by atoms with E-state index in [4.69, 9.17) is 5.21 Å². The number of hydrazone groups is 1. The maximum atomic E-state index is 11.0. The van der Waals surface area contributed by atoms with Crippen molar-refractivity contribution in [1.29, 1.82) is 5.26 Å². The van der Waals surface area contributed by atoms with Crippen LogP contribution in [0, 0.1) is 16.5 Å². The predicted octanol–water partition coefficient (Wildman–Crippen LogP) is 2.55. The number of quaternary nitrogens is 1. The van der Waals surface area contributed by atoms with E-state index >= 15 is 0 Å². The molecule has 3 N–H and O–H groups in total. The van der Waals surface area contributed by atoms with Gasteiger partial charge in [-0.3, -0.25) is 5.43 Å². The van der Waals surface area contributed by atoms with Gasteiger partial charge >= 0.3 is 0 Å². The Balaban J connectivity index is 1.81. The summed E-state index contributed by atoms with van der Waals surface area (Å²) in [6.45, 7) is 0. The van der Waals surface area contributed by atoms with Crippen LogP contribution in [0.3, 0.4) is 0 Å². The molecule has 1 atom stereocenters. The maximum Gasteiger partial charge on any atom is 0.196 e. The van der Waals surface area contributed by atoms with Crippen LogP contribution in [-0.4, -0.2) is 15.9 Å². The molecule has 8 heteroatoms. The molecule has 1 heterocycles. The molecule has 0 amide bonds. The summed E-state index contributed by atoms with van der Waals surface area (Å²) in [4.78, 5) is 4.44. The fourth-order valence-electron chi connectivity index (χ4n) is 2.09. The molecule has 3 aromatic rings. The van der Waals surface area contributed by atoms with Crippen molar-refractivity contribution in [3.8, 4) is 17.3 Å². The summed E-state index contributed by atoms with van der Waals surface area (Å²) in [6, 6.07) is 17.9. The van der Waals surface area contributed by atoms with E-state index in [1.165, 1.54) is 23.5 Å². The van der Waals surface area contributed by atoms with Crippen LogP contribution < -0.4 is 10.7 Å². The van der Waals surface area contributed by atoms with Crippen LogP contribution in [0.25, 0.3) is 11.3 Å². The zero-order chi connectivity index (χ0) is 17.6. The Morgan fingerprint density at radius 3 is 2.76 bits per heavy atom. The van der Waals surface area contributed by atoms with Crippen molar-refractivity contribution in [2.45, 2.75) is 0 Å². The number of nitrogens with zero attached hydrogens (tertiary/aromatic N) is 3. The zero-order valence-electron chi connectivity index (χ0n) is 12.9. The van der Waals surface area contributed by atoms with Gasteiger partial charge in [0, 0.05) is 23.1 Å². The van der Waals surface area contributed by atoms with Gasteiger partial charge in [0.05, 0.1) is 11.4 Å². The average molecular weight is 351 g/mol. The molecule has 0 aliphatic heterocycles. The van der Waals surface area contributed by atoms with Crippen LogP contribution in [0.1, 0.15) is 5.01 Å². The Labute approximate surface area is 147 Å². The summed E-state index contributed by atoms with van der Waals surface area (Å²) in [5.41, 5.74) is 5.19. The van der Waals surface area contributed by atoms with E-state index in [-0.39, 0.29) is 11.4 Å². The first-order valence-corrected chi connectivity index (χ1v) is 8.14. The second-order valence-corrected chi connectivity index (χ2v) is 5.83. The van der Waals surface area contributed by atoms with Crippen LogP contribution in [0.4, 0.5) is 11.4 Å². The molecule has 124 valence electrons. The van der Waals surface area contributed by atoms with Gasteiger partial charge in [-0.25, -0.2) is 10.2 Å². The lowest BCUT2D eigenvalue weighted by molar-refractivity contribution is -0.991. The minimum absolute atomic E-state index is 0.132. The number of thiazole rings is 1. The highest BCUT2D eigenvalue weighted by atomic mass is 32.1. The Kier molecular flexibility index (Phi) is 5.13. The molecule has 1 unspecified atom stereocenters. The number of nitriles is 1. The van der Waals surface area contributed by atoms with E-state index in [1.54, 1.807) is 12.1 Å². The van der Waals surface area contributed by atoms with Gasteiger partial charge in [-0.1, -0.05) is 36.4 Å². The molecule has 2 aromatic carbocycles. The van der Waals surface area contributed by atoms with Crippen molar-refractivity contribution in [3.05, 3.63) is 70.2 Å². The molecular weight excluding hydrogens is 338 g/mol. The van der Waals surface area contributed by atoms with E-state index in [2.05, 4.69) is 15.5 Å². The fourth-order valence-corrected chi connectivity index (χ4v) is 2.85. The van der Waals surface area contributed by atoms with Crippen molar-refractivity contribution in [3.63, 3.8) is 0 Å². The topological polar surface area (TPSA) is 109 Å². The highest BCUT2D eigenvalue weighted by molar-refractivity contribution is 7.12. The summed E-state index contributed by atoms with van der Waals surface area (Å²) >= 11 is 1.32. The molecule has 25 heavy (non-hydrogen) atoms. The van der Waals surface area contributed by atoms with Gasteiger partial charge in [0.1, 0.15) is 6.07 Å². The fraction of sp³-hybridized carbons (Fsp3) is 0. The molecule has 0 saturated heterocycles. The zero-order valence-corrected chi connectivity index (χ0v) is 13.7. The minimum atomic E-state index is -1.03. The Bertz CT molecular complexity index is 931. The Hall–Kier alpha value is -3.09. The molecule has 0 saturated carbocycles. The van der Waals surface area contributed by atoms with E-state index in [9.17, 15) is 10.5 Å². The highest BCUT2D eigenvalue weighted by Gasteiger charge is 2.10. The quantitative estimate of drug-likeness (QED) is 0.483. The smallest absolute Gasteiger partial charge is 0.196 e. The maximum absolute atomic E-state index is 11.0. The van der Waals surface area contributed by atoms with Gasteiger partial charge in [0.15, 0.2) is 16.4 Å². The molecular formula is C17H13N5O2S. The Morgan fingerprint density at radius 1 is 1.24 bits per heavy atom. The molecule has 1 aromatic heterocycles. The first-order valence-electron chi connectivity index (χ1n) is 7.26. The third kappa shape index (κ3) is 4.06. The number of hydrogen-bond donors (Lipinski definition) is 3. The van der Waals surface area contributed by atoms with Gasteiger partial charge < -0.3 is 5.21 Å². The summed E-state index contributed by atoms with van der Waals surface area (Å²) < 4.78 is 0. The standard InChI is InChI=1S/C17H13N5O2S/c18-10-15(21-20-13-7-4-8-14(9-13)22(23)24)17-19-16(11-25-17)12-5-2-1-3-6-12/h1-9,11,20,22-23H. The predicted molar refractivity (Wildman–Crippen MR) is 95.5 cm³/mol. The van der Waals surface area contributed by atoms with Crippen molar-refractivity contribution in [2.75, 3.05) is 5.43 Å². The van der Waals surface area contributed by atoms with Gasteiger partial charge in [-0.15, -0.1) is 11.3 Å². The number of nitrogens with one attached hydrogen (secondary N) is 2. The van der Waals surface area contributed by atoms with Crippen molar-refractivity contribution in [1.82, 2.24) is 4.98 Å². The molecule has 0 radical (unpaired) electrons. The summed E-state index contributed by atoms with van der Waals surface area (Å²) in [6.07, 6.45) is 0. The molecule has 7 nitrogen and oxygen atoms in total. The first-order chi connectivity index (χ1) is 12.2. The van der Waals surface area contributed by atoms with E-state index in [1.807, 2.05) is 41.8 Å². The van der Waals surface area contributed by atoms with E-state index < -0.39 is 5.23 Å². The molecule has 0 aliphatic carbocycles. The lowest BCUT2D eigenvalue weighted by Crippen LogP contribution is -2.99. The summed E-state index contributed by atoms with van der Waals surface area (Å²) in [5.74, 6) is 0. The molecule has 3 rings (SSSR count). The van der Waals surface area contributed by atoms with E-state index in [0.717, 1.165) is 11.3 Å².